The standard InChI is InChI=1S/C9H16O2/c1-2-5-11-7-8-3-4-9(10)6-8/h8H,2-7H2,1H3. The summed E-state index contributed by atoms with van der Waals surface area (Å²) in [5.74, 6) is 0.934. The van der Waals surface area contributed by atoms with Crippen molar-refractivity contribution in [3.8, 4) is 0 Å². The van der Waals surface area contributed by atoms with E-state index in [1.54, 1.807) is 0 Å². The van der Waals surface area contributed by atoms with Gasteiger partial charge in [-0.15, -0.1) is 0 Å². The number of hydrogen-bond donors (Lipinski definition) is 0. The normalized spacial score (nSPS) is 24.5. The Balaban J connectivity index is 2.04. The molecule has 0 aromatic rings. The summed E-state index contributed by atoms with van der Waals surface area (Å²) >= 11 is 0. The first kappa shape index (κ1) is 8.72. The summed E-state index contributed by atoms with van der Waals surface area (Å²) in [7, 11) is 0. The molecule has 0 aromatic heterocycles. The summed E-state index contributed by atoms with van der Waals surface area (Å²) in [4.78, 5) is 10.8. The third-order valence-corrected chi connectivity index (χ3v) is 2.05. The van der Waals surface area contributed by atoms with Gasteiger partial charge in [0, 0.05) is 26.1 Å². The third kappa shape index (κ3) is 3.02. The number of ketones is 1. The maximum absolute atomic E-state index is 10.8. The fourth-order valence-electron chi connectivity index (χ4n) is 1.43. The van der Waals surface area contributed by atoms with E-state index in [2.05, 4.69) is 6.92 Å². The lowest BCUT2D eigenvalue weighted by molar-refractivity contribution is -0.117. The zero-order chi connectivity index (χ0) is 8.10. The Morgan fingerprint density at radius 2 is 2.45 bits per heavy atom. The molecule has 1 rings (SSSR count). The van der Waals surface area contributed by atoms with Crippen LogP contribution in [0, 0.1) is 5.92 Å². The van der Waals surface area contributed by atoms with E-state index >= 15 is 0 Å². The van der Waals surface area contributed by atoms with Gasteiger partial charge in [-0.25, -0.2) is 0 Å². The fourth-order valence-corrected chi connectivity index (χ4v) is 1.43. The molecular formula is C9H16O2. The van der Waals surface area contributed by atoms with Crippen LogP contribution in [0.2, 0.25) is 0 Å². The highest BCUT2D eigenvalue weighted by atomic mass is 16.5. The molecule has 1 aliphatic carbocycles. The zero-order valence-corrected chi connectivity index (χ0v) is 7.14. The molecule has 0 bridgehead atoms. The Kier molecular flexibility index (Phi) is 3.57. The molecule has 0 aliphatic heterocycles. The Morgan fingerprint density at radius 1 is 1.64 bits per heavy atom. The molecule has 0 aromatic carbocycles. The Morgan fingerprint density at radius 3 is 3.00 bits per heavy atom. The van der Waals surface area contributed by atoms with Crippen LogP contribution in [-0.4, -0.2) is 19.0 Å². The highest BCUT2D eigenvalue weighted by Crippen LogP contribution is 2.21. The second-order valence-electron chi connectivity index (χ2n) is 3.22. The number of hydrogen-bond acceptors (Lipinski definition) is 2. The average molecular weight is 156 g/mol. The van der Waals surface area contributed by atoms with Crippen molar-refractivity contribution in [1.29, 1.82) is 0 Å². The Labute approximate surface area is 67.9 Å². The Hall–Kier alpha value is -0.370. The van der Waals surface area contributed by atoms with Gasteiger partial charge < -0.3 is 4.74 Å². The summed E-state index contributed by atoms with van der Waals surface area (Å²) in [6.45, 7) is 3.73. The van der Waals surface area contributed by atoms with Crippen LogP contribution >= 0.6 is 0 Å². The lowest BCUT2D eigenvalue weighted by Gasteiger charge is -2.07. The largest absolute Gasteiger partial charge is 0.381 e. The molecule has 1 atom stereocenters. The second-order valence-corrected chi connectivity index (χ2v) is 3.22. The molecule has 0 radical (unpaired) electrons. The van der Waals surface area contributed by atoms with Gasteiger partial charge in [0.05, 0.1) is 0 Å². The molecule has 0 spiro atoms. The van der Waals surface area contributed by atoms with E-state index in [4.69, 9.17) is 4.74 Å². The van der Waals surface area contributed by atoms with Crippen molar-refractivity contribution in [1.82, 2.24) is 0 Å². The van der Waals surface area contributed by atoms with Crippen LogP contribution in [0.15, 0.2) is 0 Å². The fraction of sp³-hybridized carbons (Fsp3) is 0.889. The van der Waals surface area contributed by atoms with E-state index in [1.807, 2.05) is 0 Å². The highest BCUT2D eigenvalue weighted by molar-refractivity contribution is 5.80. The minimum absolute atomic E-state index is 0.412. The van der Waals surface area contributed by atoms with Crippen LogP contribution in [-0.2, 0) is 9.53 Å². The van der Waals surface area contributed by atoms with E-state index in [9.17, 15) is 4.79 Å². The molecule has 0 saturated heterocycles. The monoisotopic (exact) mass is 156 g/mol. The summed E-state index contributed by atoms with van der Waals surface area (Å²) in [5.41, 5.74) is 0. The van der Waals surface area contributed by atoms with E-state index in [0.717, 1.165) is 38.9 Å². The van der Waals surface area contributed by atoms with Crippen LogP contribution in [0.25, 0.3) is 0 Å². The van der Waals surface area contributed by atoms with Crippen molar-refractivity contribution in [2.24, 2.45) is 5.92 Å². The average Bonchev–Trinajstić information content (AvgIpc) is 2.37. The number of carbonyl (C=O) groups is 1. The summed E-state index contributed by atoms with van der Waals surface area (Å²) in [6.07, 6.45) is 3.65. The topological polar surface area (TPSA) is 26.3 Å². The summed E-state index contributed by atoms with van der Waals surface area (Å²) in [5, 5.41) is 0. The molecule has 1 unspecified atom stereocenters. The van der Waals surface area contributed by atoms with Gasteiger partial charge in [-0.05, 0) is 18.8 Å². The predicted octanol–water partition coefficient (Wildman–Crippen LogP) is 1.78. The SMILES string of the molecule is CCCOCC1CCC(=O)C1. The first-order valence-electron chi connectivity index (χ1n) is 4.42. The van der Waals surface area contributed by atoms with Crippen LogP contribution in [0.5, 0.6) is 0 Å². The van der Waals surface area contributed by atoms with Gasteiger partial charge >= 0.3 is 0 Å². The van der Waals surface area contributed by atoms with Crippen LogP contribution in [0.3, 0.4) is 0 Å². The predicted molar refractivity (Wildman–Crippen MR) is 43.5 cm³/mol. The maximum atomic E-state index is 10.8. The molecular weight excluding hydrogens is 140 g/mol. The zero-order valence-electron chi connectivity index (χ0n) is 7.14. The van der Waals surface area contributed by atoms with Crippen molar-refractivity contribution in [3.05, 3.63) is 0 Å². The molecule has 0 amide bonds. The van der Waals surface area contributed by atoms with Gasteiger partial charge in [-0.3, -0.25) is 4.79 Å². The van der Waals surface area contributed by atoms with E-state index in [0.29, 0.717) is 11.7 Å². The molecule has 0 N–H and O–H groups in total. The van der Waals surface area contributed by atoms with E-state index in [1.165, 1.54) is 0 Å². The molecule has 0 heterocycles. The van der Waals surface area contributed by atoms with Crippen LogP contribution in [0.1, 0.15) is 32.6 Å². The lowest BCUT2D eigenvalue weighted by Crippen LogP contribution is -2.06. The van der Waals surface area contributed by atoms with Crippen molar-refractivity contribution < 1.29 is 9.53 Å². The third-order valence-electron chi connectivity index (χ3n) is 2.05. The smallest absolute Gasteiger partial charge is 0.133 e. The molecule has 11 heavy (non-hydrogen) atoms. The lowest BCUT2D eigenvalue weighted by atomic mass is 10.1. The first-order valence-corrected chi connectivity index (χ1v) is 4.42. The summed E-state index contributed by atoms with van der Waals surface area (Å²) in [6, 6.07) is 0. The van der Waals surface area contributed by atoms with E-state index in [-0.39, 0.29) is 0 Å². The number of rotatable bonds is 4. The van der Waals surface area contributed by atoms with Crippen molar-refractivity contribution in [2.45, 2.75) is 32.6 Å². The number of carbonyl (C=O) groups excluding carboxylic acids is 1. The van der Waals surface area contributed by atoms with Gasteiger partial charge in [0.2, 0.25) is 0 Å². The van der Waals surface area contributed by atoms with Gasteiger partial charge in [0.1, 0.15) is 5.78 Å². The second kappa shape index (κ2) is 4.50. The molecule has 1 saturated carbocycles. The maximum Gasteiger partial charge on any atom is 0.133 e. The molecule has 1 fully saturated rings. The molecule has 64 valence electrons. The van der Waals surface area contributed by atoms with Crippen molar-refractivity contribution in [3.63, 3.8) is 0 Å². The summed E-state index contributed by atoms with van der Waals surface area (Å²) < 4.78 is 5.36. The van der Waals surface area contributed by atoms with Gasteiger partial charge in [-0.1, -0.05) is 6.92 Å². The molecule has 1 aliphatic rings. The molecule has 2 heteroatoms. The molecule has 2 nitrogen and oxygen atoms in total. The minimum Gasteiger partial charge on any atom is -0.381 e. The van der Waals surface area contributed by atoms with Gasteiger partial charge in [-0.2, -0.15) is 0 Å². The van der Waals surface area contributed by atoms with Crippen LogP contribution < -0.4 is 0 Å². The number of ether oxygens (including phenoxy) is 1. The van der Waals surface area contributed by atoms with Gasteiger partial charge in [0.25, 0.3) is 0 Å². The minimum atomic E-state index is 0.412. The Bertz CT molecular complexity index is 132. The quantitative estimate of drug-likeness (QED) is 0.580. The number of Topliss-reactive ketones (excluding diaryl/α,β-unsaturated/α-hetero) is 1. The van der Waals surface area contributed by atoms with Crippen molar-refractivity contribution in [2.75, 3.05) is 13.2 Å². The van der Waals surface area contributed by atoms with Crippen molar-refractivity contribution >= 4 is 5.78 Å². The highest BCUT2D eigenvalue weighted by Gasteiger charge is 2.21. The van der Waals surface area contributed by atoms with Crippen LogP contribution in [0.4, 0.5) is 0 Å². The van der Waals surface area contributed by atoms with Gasteiger partial charge in [0.15, 0.2) is 0 Å². The first-order chi connectivity index (χ1) is 5.33. The van der Waals surface area contributed by atoms with E-state index < -0.39 is 0 Å².